The number of carboxylic acid groups (broad SMARTS) is 2. The van der Waals surface area contributed by atoms with E-state index in [9.17, 15) is 9.59 Å². The van der Waals surface area contributed by atoms with Crippen LogP contribution in [0.4, 0.5) is 5.69 Å². The van der Waals surface area contributed by atoms with E-state index in [0.717, 1.165) is 4.88 Å². The van der Waals surface area contributed by atoms with Crippen LogP contribution in [0.2, 0.25) is 4.47 Å². The number of rotatable bonds is 5. The van der Waals surface area contributed by atoms with Gasteiger partial charge in [0.1, 0.15) is 0 Å². The van der Waals surface area contributed by atoms with Crippen LogP contribution >= 0.6 is 22.9 Å². The quantitative estimate of drug-likeness (QED) is 0.785. The molecular weight excluding hydrogens is 304 g/mol. The second-order valence-electron chi connectivity index (χ2n) is 3.77. The van der Waals surface area contributed by atoms with Gasteiger partial charge in [0.25, 0.3) is 0 Å². The highest BCUT2D eigenvalue weighted by atomic mass is 35.5. The smallest absolute Gasteiger partial charge is 0.338 e. The topological polar surface area (TPSA) is 99.5 Å². The van der Waals surface area contributed by atoms with Crippen LogP contribution in [-0.4, -0.2) is 27.1 Å². The van der Waals surface area contributed by atoms with Gasteiger partial charge in [0.05, 0.1) is 17.7 Å². The summed E-state index contributed by atoms with van der Waals surface area (Å²) < 4.78 is 0.388. The second kappa shape index (κ2) is 5.89. The summed E-state index contributed by atoms with van der Waals surface area (Å²) in [5.41, 5.74) is -0.289. The molecule has 0 saturated heterocycles. The van der Waals surface area contributed by atoms with Crippen LogP contribution in [0.5, 0.6) is 0 Å². The van der Waals surface area contributed by atoms with Gasteiger partial charge >= 0.3 is 11.9 Å². The van der Waals surface area contributed by atoms with E-state index in [1.807, 2.05) is 0 Å². The molecule has 20 heavy (non-hydrogen) atoms. The maximum atomic E-state index is 11.2. The van der Waals surface area contributed by atoms with E-state index in [0.29, 0.717) is 11.0 Å². The number of thiazole rings is 1. The number of benzene rings is 1. The molecule has 2 aromatic rings. The Hall–Kier alpha value is -2.12. The van der Waals surface area contributed by atoms with E-state index in [2.05, 4.69) is 10.3 Å². The van der Waals surface area contributed by atoms with Gasteiger partial charge in [-0.05, 0) is 12.1 Å². The van der Waals surface area contributed by atoms with Gasteiger partial charge in [-0.25, -0.2) is 14.6 Å². The zero-order valence-corrected chi connectivity index (χ0v) is 11.5. The van der Waals surface area contributed by atoms with Gasteiger partial charge < -0.3 is 15.5 Å². The first-order valence-electron chi connectivity index (χ1n) is 5.42. The highest BCUT2D eigenvalue weighted by Crippen LogP contribution is 2.23. The molecule has 2 rings (SSSR count). The number of hydrogen-bond acceptors (Lipinski definition) is 5. The Morgan fingerprint density at radius 3 is 2.60 bits per heavy atom. The van der Waals surface area contributed by atoms with Crippen LogP contribution in [0.1, 0.15) is 25.6 Å². The third-order valence-electron chi connectivity index (χ3n) is 2.49. The van der Waals surface area contributed by atoms with Crippen LogP contribution in [0, 0.1) is 0 Å². The zero-order chi connectivity index (χ0) is 14.7. The normalized spacial score (nSPS) is 10.2. The van der Waals surface area contributed by atoms with Gasteiger partial charge in [0.2, 0.25) is 0 Å². The third-order valence-corrected chi connectivity index (χ3v) is 3.60. The molecule has 104 valence electrons. The monoisotopic (exact) mass is 312 g/mol. The molecule has 1 aromatic heterocycles. The summed E-state index contributed by atoms with van der Waals surface area (Å²) in [7, 11) is 0. The zero-order valence-electron chi connectivity index (χ0n) is 9.96. The fourth-order valence-electron chi connectivity index (χ4n) is 1.66. The Bertz CT molecular complexity index is 671. The summed E-state index contributed by atoms with van der Waals surface area (Å²) in [5, 5.41) is 21.1. The van der Waals surface area contributed by atoms with E-state index in [-0.39, 0.29) is 16.8 Å². The van der Waals surface area contributed by atoms with Crippen LogP contribution < -0.4 is 5.32 Å². The minimum Gasteiger partial charge on any atom is -0.478 e. The molecule has 3 N–H and O–H groups in total. The second-order valence-corrected chi connectivity index (χ2v) is 5.47. The SMILES string of the molecule is O=C(O)c1cccc(NCc2cnc(Cl)s2)c1C(=O)O. The van der Waals surface area contributed by atoms with Crippen molar-refractivity contribution < 1.29 is 19.8 Å². The van der Waals surface area contributed by atoms with Crippen molar-refractivity contribution in [3.63, 3.8) is 0 Å². The highest BCUT2D eigenvalue weighted by molar-refractivity contribution is 7.15. The van der Waals surface area contributed by atoms with Crippen LogP contribution in [0.15, 0.2) is 24.4 Å². The van der Waals surface area contributed by atoms with Gasteiger partial charge in [0, 0.05) is 16.8 Å². The molecule has 1 aromatic carbocycles. The highest BCUT2D eigenvalue weighted by Gasteiger charge is 2.19. The van der Waals surface area contributed by atoms with Crippen molar-refractivity contribution in [1.82, 2.24) is 4.98 Å². The molecule has 6 nitrogen and oxygen atoms in total. The molecule has 0 spiro atoms. The van der Waals surface area contributed by atoms with E-state index >= 15 is 0 Å². The number of nitrogens with one attached hydrogen (secondary N) is 1. The Kier molecular flexibility index (Phi) is 4.21. The standard InChI is InChI=1S/C12H9ClN2O4S/c13-12-15-5-6(20-12)4-14-8-3-1-2-7(10(16)17)9(8)11(18)19/h1-3,5,14H,4H2,(H,16,17)(H,18,19). The lowest BCUT2D eigenvalue weighted by atomic mass is 10.1. The molecule has 0 aliphatic rings. The molecule has 1 heterocycles. The third kappa shape index (κ3) is 3.06. The summed E-state index contributed by atoms with van der Waals surface area (Å²) in [6.45, 7) is 0.313. The molecule has 8 heteroatoms. The van der Waals surface area contributed by atoms with E-state index < -0.39 is 11.9 Å². The minimum absolute atomic E-state index is 0.238. The van der Waals surface area contributed by atoms with Gasteiger partial charge in [-0.1, -0.05) is 17.7 Å². The number of aromatic carboxylic acids is 2. The molecule has 0 fully saturated rings. The van der Waals surface area contributed by atoms with Crippen molar-refractivity contribution in [2.75, 3.05) is 5.32 Å². The number of carboxylic acids is 2. The van der Waals surface area contributed by atoms with Crippen LogP contribution in [0.25, 0.3) is 0 Å². The molecule has 0 aliphatic carbocycles. The number of carbonyl (C=O) groups is 2. The fourth-order valence-corrected chi connectivity index (χ4v) is 2.57. The van der Waals surface area contributed by atoms with E-state index in [4.69, 9.17) is 21.8 Å². The lowest BCUT2D eigenvalue weighted by Gasteiger charge is -2.10. The Balaban J connectivity index is 2.29. The number of aromatic nitrogens is 1. The van der Waals surface area contributed by atoms with Gasteiger partial charge in [-0.15, -0.1) is 11.3 Å². The van der Waals surface area contributed by atoms with Crippen molar-refractivity contribution in [3.05, 3.63) is 44.9 Å². The Labute approximate surface area is 122 Å². The summed E-state index contributed by atoms with van der Waals surface area (Å²) in [4.78, 5) is 26.9. The van der Waals surface area contributed by atoms with E-state index in [1.54, 1.807) is 6.20 Å². The maximum Gasteiger partial charge on any atom is 0.338 e. The van der Waals surface area contributed by atoms with Gasteiger partial charge in [-0.3, -0.25) is 0 Å². The lowest BCUT2D eigenvalue weighted by Crippen LogP contribution is -2.12. The van der Waals surface area contributed by atoms with Crippen molar-refractivity contribution in [2.45, 2.75) is 6.54 Å². The number of halogens is 1. The van der Waals surface area contributed by atoms with Crippen molar-refractivity contribution in [3.8, 4) is 0 Å². The summed E-state index contributed by atoms with van der Waals surface area (Å²) in [6.07, 6.45) is 1.57. The number of hydrogen-bond donors (Lipinski definition) is 3. The Morgan fingerprint density at radius 2 is 2.05 bits per heavy atom. The Morgan fingerprint density at radius 1 is 1.30 bits per heavy atom. The largest absolute Gasteiger partial charge is 0.478 e. The lowest BCUT2D eigenvalue weighted by molar-refractivity contribution is 0.0652. The molecule has 0 atom stereocenters. The van der Waals surface area contributed by atoms with Crippen molar-refractivity contribution in [1.29, 1.82) is 0 Å². The first-order valence-corrected chi connectivity index (χ1v) is 6.62. The van der Waals surface area contributed by atoms with E-state index in [1.165, 1.54) is 29.5 Å². The van der Waals surface area contributed by atoms with Crippen molar-refractivity contribution >= 4 is 40.6 Å². The molecule has 0 amide bonds. The average Bonchev–Trinajstić information content (AvgIpc) is 2.81. The maximum absolute atomic E-state index is 11.2. The fraction of sp³-hybridized carbons (Fsp3) is 0.0833. The molecule has 0 unspecified atom stereocenters. The molecule has 0 saturated carbocycles. The summed E-state index contributed by atoms with van der Waals surface area (Å²) in [5.74, 6) is -2.58. The minimum atomic E-state index is -1.30. The number of anilines is 1. The summed E-state index contributed by atoms with van der Waals surface area (Å²) in [6, 6.07) is 4.25. The summed E-state index contributed by atoms with van der Waals surface area (Å²) >= 11 is 6.96. The van der Waals surface area contributed by atoms with Crippen LogP contribution in [0.3, 0.4) is 0 Å². The molecular formula is C12H9ClN2O4S. The predicted octanol–water partition coefficient (Wildman–Crippen LogP) is 2.81. The predicted molar refractivity (Wildman–Crippen MR) is 74.8 cm³/mol. The molecule has 0 bridgehead atoms. The molecule has 0 aliphatic heterocycles. The average molecular weight is 313 g/mol. The van der Waals surface area contributed by atoms with Gasteiger partial charge in [-0.2, -0.15) is 0 Å². The molecule has 0 radical (unpaired) electrons. The first kappa shape index (κ1) is 14.3. The van der Waals surface area contributed by atoms with Gasteiger partial charge in [0.15, 0.2) is 4.47 Å². The number of nitrogens with zero attached hydrogens (tertiary/aromatic N) is 1. The first-order chi connectivity index (χ1) is 9.49. The van der Waals surface area contributed by atoms with Crippen molar-refractivity contribution in [2.24, 2.45) is 0 Å². The van der Waals surface area contributed by atoms with Crippen LogP contribution in [-0.2, 0) is 6.54 Å².